The molecule has 1 N–H and O–H groups in total. The molecule has 2 heteroatoms. The van der Waals surface area contributed by atoms with Crippen molar-refractivity contribution in [1.29, 1.82) is 0 Å². The molecule has 0 fully saturated rings. The Morgan fingerprint density at radius 1 is 1.18 bits per heavy atom. The predicted molar refractivity (Wildman–Crippen MR) is 74.8 cm³/mol. The summed E-state index contributed by atoms with van der Waals surface area (Å²) in [5.74, 6) is 0. The largest absolute Gasteiger partial charge is 0.387 e. The average molecular weight is 228 g/mol. The van der Waals surface area contributed by atoms with Gasteiger partial charge in [-0.3, -0.25) is 4.98 Å². The summed E-state index contributed by atoms with van der Waals surface area (Å²) in [6.07, 6.45) is 2.04. The van der Waals surface area contributed by atoms with Gasteiger partial charge in [0.25, 0.3) is 0 Å². The molecule has 0 amide bonds. The van der Waals surface area contributed by atoms with E-state index in [-0.39, 0.29) is 0 Å². The van der Waals surface area contributed by atoms with Gasteiger partial charge in [0.1, 0.15) is 0 Å². The van der Waals surface area contributed by atoms with Crippen molar-refractivity contribution in [2.45, 2.75) is 33.6 Å². The molecule has 0 aliphatic heterocycles. The zero-order valence-corrected chi connectivity index (χ0v) is 11.1. The van der Waals surface area contributed by atoms with Crippen molar-refractivity contribution in [2.24, 2.45) is 0 Å². The second kappa shape index (κ2) is 4.74. The summed E-state index contributed by atoms with van der Waals surface area (Å²) in [5, 5.41) is 4.59. The Morgan fingerprint density at radius 2 is 1.94 bits per heavy atom. The number of rotatable bonds is 3. The first-order valence-electron chi connectivity index (χ1n) is 6.31. The van der Waals surface area contributed by atoms with Gasteiger partial charge in [0.15, 0.2) is 0 Å². The fourth-order valence-electron chi connectivity index (χ4n) is 2.51. The first kappa shape index (κ1) is 11.9. The maximum absolute atomic E-state index is 4.79. The SMILES string of the molecule is CCc1c(C)nc2c(CC)cccc2c1NC. The van der Waals surface area contributed by atoms with Crippen LogP contribution in [0.25, 0.3) is 10.9 Å². The predicted octanol–water partition coefficient (Wildman–Crippen LogP) is 3.71. The van der Waals surface area contributed by atoms with E-state index < -0.39 is 0 Å². The van der Waals surface area contributed by atoms with Crippen molar-refractivity contribution in [2.75, 3.05) is 12.4 Å². The van der Waals surface area contributed by atoms with Crippen LogP contribution in [-0.4, -0.2) is 12.0 Å². The monoisotopic (exact) mass is 228 g/mol. The van der Waals surface area contributed by atoms with Crippen LogP contribution in [0.5, 0.6) is 0 Å². The Balaban J connectivity index is 2.87. The normalized spacial score (nSPS) is 10.8. The van der Waals surface area contributed by atoms with Crippen molar-refractivity contribution in [3.8, 4) is 0 Å². The topological polar surface area (TPSA) is 24.9 Å². The molecular weight excluding hydrogens is 208 g/mol. The molecule has 0 spiro atoms. The highest BCUT2D eigenvalue weighted by Crippen LogP contribution is 2.30. The fraction of sp³-hybridized carbons (Fsp3) is 0.400. The van der Waals surface area contributed by atoms with Crippen molar-refractivity contribution >= 4 is 16.6 Å². The smallest absolute Gasteiger partial charge is 0.0757 e. The van der Waals surface area contributed by atoms with Crippen molar-refractivity contribution in [1.82, 2.24) is 4.98 Å². The summed E-state index contributed by atoms with van der Waals surface area (Å²) >= 11 is 0. The second-order valence-electron chi connectivity index (χ2n) is 4.32. The molecule has 1 heterocycles. The highest BCUT2D eigenvalue weighted by atomic mass is 14.8. The summed E-state index contributed by atoms with van der Waals surface area (Å²) in [6, 6.07) is 6.45. The number of para-hydroxylation sites is 1. The second-order valence-corrected chi connectivity index (χ2v) is 4.32. The van der Waals surface area contributed by atoms with E-state index in [9.17, 15) is 0 Å². The molecule has 0 atom stereocenters. The number of aromatic nitrogens is 1. The molecule has 0 unspecified atom stereocenters. The van der Waals surface area contributed by atoms with Gasteiger partial charge in [-0.15, -0.1) is 0 Å². The summed E-state index contributed by atoms with van der Waals surface area (Å²) in [7, 11) is 1.99. The van der Waals surface area contributed by atoms with Crippen LogP contribution in [-0.2, 0) is 12.8 Å². The number of pyridine rings is 1. The fourth-order valence-corrected chi connectivity index (χ4v) is 2.51. The molecule has 2 nitrogen and oxygen atoms in total. The van der Waals surface area contributed by atoms with Gasteiger partial charge in [-0.1, -0.05) is 32.0 Å². The van der Waals surface area contributed by atoms with E-state index in [1.807, 2.05) is 7.05 Å². The Morgan fingerprint density at radius 3 is 2.53 bits per heavy atom. The molecule has 0 aliphatic rings. The molecule has 90 valence electrons. The molecule has 0 radical (unpaired) electrons. The molecule has 0 aliphatic carbocycles. The minimum atomic E-state index is 1.02. The van der Waals surface area contributed by atoms with Gasteiger partial charge in [0.2, 0.25) is 0 Å². The van der Waals surface area contributed by atoms with Crippen LogP contribution in [0, 0.1) is 6.92 Å². The Kier molecular flexibility index (Phi) is 3.32. The van der Waals surface area contributed by atoms with Gasteiger partial charge >= 0.3 is 0 Å². The lowest BCUT2D eigenvalue weighted by molar-refractivity contribution is 1.06. The number of hydrogen-bond donors (Lipinski definition) is 1. The molecule has 1 aromatic heterocycles. The molecule has 1 aromatic carbocycles. The highest BCUT2D eigenvalue weighted by molar-refractivity contribution is 5.95. The standard InChI is InChI=1S/C15H20N2/c1-5-11-8-7-9-13-14(11)17-10(3)12(6-2)15(13)16-4/h7-9H,5-6H2,1-4H3,(H,16,17). The quantitative estimate of drug-likeness (QED) is 0.866. The number of hydrogen-bond acceptors (Lipinski definition) is 2. The number of anilines is 1. The average Bonchev–Trinajstić information content (AvgIpc) is 2.36. The molecule has 0 saturated heterocycles. The van der Waals surface area contributed by atoms with E-state index >= 15 is 0 Å². The minimum absolute atomic E-state index is 1.02. The van der Waals surface area contributed by atoms with Gasteiger partial charge in [0.05, 0.1) is 5.52 Å². The number of benzene rings is 1. The summed E-state index contributed by atoms with van der Waals surface area (Å²) < 4.78 is 0. The van der Waals surface area contributed by atoms with E-state index in [0.717, 1.165) is 24.1 Å². The van der Waals surface area contributed by atoms with Crippen molar-refractivity contribution < 1.29 is 0 Å². The van der Waals surface area contributed by atoms with Crippen LogP contribution >= 0.6 is 0 Å². The molecule has 2 aromatic rings. The zero-order valence-electron chi connectivity index (χ0n) is 11.1. The Bertz CT molecular complexity index is 544. The zero-order chi connectivity index (χ0) is 12.4. The van der Waals surface area contributed by atoms with Gasteiger partial charge in [-0.05, 0) is 30.9 Å². The number of nitrogens with zero attached hydrogens (tertiary/aromatic N) is 1. The number of aryl methyl sites for hydroxylation is 2. The van der Waals surface area contributed by atoms with E-state index in [1.165, 1.54) is 22.2 Å². The Hall–Kier alpha value is -1.57. The van der Waals surface area contributed by atoms with Gasteiger partial charge in [-0.25, -0.2) is 0 Å². The van der Waals surface area contributed by atoms with E-state index in [0.29, 0.717) is 0 Å². The van der Waals surface area contributed by atoms with Crippen LogP contribution in [0.3, 0.4) is 0 Å². The third kappa shape index (κ3) is 1.88. The van der Waals surface area contributed by atoms with Crippen LogP contribution in [0.2, 0.25) is 0 Å². The highest BCUT2D eigenvalue weighted by Gasteiger charge is 2.11. The molecule has 0 bridgehead atoms. The molecular formula is C15H20N2. The first-order valence-corrected chi connectivity index (χ1v) is 6.31. The van der Waals surface area contributed by atoms with Crippen molar-refractivity contribution in [3.63, 3.8) is 0 Å². The number of fused-ring (bicyclic) bond motifs is 1. The van der Waals surface area contributed by atoms with E-state index in [2.05, 4.69) is 44.3 Å². The maximum atomic E-state index is 4.79. The third-order valence-corrected chi connectivity index (χ3v) is 3.39. The van der Waals surface area contributed by atoms with Crippen LogP contribution in [0.4, 0.5) is 5.69 Å². The first-order chi connectivity index (χ1) is 8.22. The summed E-state index contributed by atoms with van der Waals surface area (Å²) in [5.41, 5.74) is 6.18. The van der Waals surface area contributed by atoms with Crippen LogP contribution < -0.4 is 5.32 Å². The van der Waals surface area contributed by atoms with Gasteiger partial charge in [0, 0.05) is 23.8 Å². The maximum Gasteiger partial charge on any atom is 0.0757 e. The third-order valence-electron chi connectivity index (χ3n) is 3.39. The minimum Gasteiger partial charge on any atom is -0.387 e. The molecule has 2 rings (SSSR count). The molecule has 17 heavy (non-hydrogen) atoms. The van der Waals surface area contributed by atoms with E-state index in [1.54, 1.807) is 0 Å². The lowest BCUT2D eigenvalue weighted by atomic mass is 10.0. The molecule has 0 saturated carbocycles. The Labute approximate surface area is 103 Å². The van der Waals surface area contributed by atoms with E-state index in [4.69, 9.17) is 4.98 Å². The van der Waals surface area contributed by atoms with Crippen LogP contribution in [0.15, 0.2) is 18.2 Å². The van der Waals surface area contributed by atoms with Gasteiger partial charge < -0.3 is 5.32 Å². The lowest BCUT2D eigenvalue weighted by Crippen LogP contribution is -2.02. The summed E-state index contributed by atoms with van der Waals surface area (Å²) in [6.45, 7) is 6.46. The van der Waals surface area contributed by atoms with Crippen LogP contribution in [0.1, 0.15) is 30.7 Å². The van der Waals surface area contributed by atoms with Crippen molar-refractivity contribution in [3.05, 3.63) is 35.0 Å². The summed E-state index contributed by atoms with van der Waals surface area (Å²) in [4.78, 5) is 4.79. The number of nitrogens with one attached hydrogen (secondary N) is 1. The lowest BCUT2D eigenvalue weighted by Gasteiger charge is -2.15. The van der Waals surface area contributed by atoms with Gasteiger partial charge in [-0.2, -0.15) is 0 Å².